The van der Waals surface area contributed by atoms with Crippen molar-refractivity contribution in [2.75, 3.05) is 11.9 Å². The Balaban J connectivity index is 1.85. The third-order valence-corrected chi connectivity index (χ3v) is 4.52. The van der Waals surface area contributed by atoms with Crippen molar-refractivity contribution in [3.05, 3.63) is 35.0 Å². The maximum atomic E-state index is 11.3. The van der Waals surface area contributed by atoms with Gasteiger partial charge in [-0.3, -0.25) is 4.79 Å². The van der Waals surface area contributed by atoms with E-state index in [1.807, 2.05) is 12.1 Å². The Morgan fingerprint density at radius 2 is 2.15 bits per heavy atom. The fourth-order valence-electron chi connectivity index (χ4n) is 3.10. The van der Waals surface area contributed by atoms with E-state index in [0.29, 0.717) is 41.5 Å². The fraction of sp³-hybridized carbons (Fsp3) is 0.400. The van der Waals surface area contributed by atoms with E-state index in [2.05, 4.69) is 24.1 Å². The molecule has 0 radical (unpaired) electrons. The molecule has 1 atom stereocenters. The number of halogens is 1. The second-order valence-electron chi connectivity index (χ2n) is 7.18. The molecule has 1 aliphatic heterocycles. The number of carbonyl (C=O) groups excluding carboxylic acids is 1. The minimum atomic E-state index is -0.172. The maximum absolute atomic E-state index is 11.3. The van der Waals surface area contributed by atoms with Gasteiger partial charge in [0.1, 0.15) is 30.5 Å². The molecule has 3 rings (SSSR count). The quantitative estimate of drug-likeness (QED) is 0.779. The highest BCUT2D eigenvalue weighted by molar-refractivity contribution is 6.32. The summed E-state index contributed by atoms with van der Waals surface area (Å²) >= 11 is 6.43. The van der Waals surface area contributed by atoms with Crippen LogP contribution in [0.1, 0.15) is 32.8 Å². The molecule has 0 saturated carbocycles. The molecule has 0 unspecified atom stereocenters. The highest BCUT2D eigenvalue weighted by Crippen LogP contribution is 2.43. The number of nitrogens with two attached hydrogens (primary N) is 1. The number of hydrogen-bond donors (Lipinski definition) is 2. The van der Waals surface area contributed by atoms with Crippen molar-refractivity contribution in [3.63, 3.8) is 0 Å². The van der Waals surface area contributed by atoms with E-state index >= 15 is 0 Å². The van der Waals surface area contributed by atoms with Crippen LogP contribution >= 0.6 is 11.6 Å². The van der Waals surface area contributed by atoms with Crippen LogP contribution in [0, 0.1) is 5.92 Å². The lowest BCUT2D eigenvalue weighted by molar-refractivity contribution is -0.114. The van der Waals surface area contributed by atoms with Gasteiger partial charge in [0.25, 0.3) is 0 Å². The number of hydrogen-bond acceptors (Lipinski definition) is 5. The molecule has 1 aromatic carbocycles. The summed E-state index contributed by atoms with van der Waals surface area (Å²) in [4.78, 5) is 15.5. The lowest BCUT2D eigenvalue weighted by Crippen LogP contribution is -2.29. The van der Waals surface area contributed by atoms with Gasteiger partial charge >= 0.3 is 0 Å². The molecule has 1 amide bonds. The Bertz CT molecular complexity index is 855. The van der Waals surface area contributed by atoms with Gasteiger partial charge in [-0.25, -0.2) is 4.98 Å². The molecule has 3 N–H and O–H groups in total. The van der Waals surface area contributed by atoms with E-state index < -0.39 is 0 Å². The monoisotopic (exact) mass is 389 g/mol. The summed E-state index contributed by atoms with van der Waals surface area (Å²) in [6, 6.07) is 5.38. The number of ether oxygens (including phenoxy) is 2. The van der Waals surface area contributed by atoms with Crippen molar-refractivity contribution in [1.29, 1.82) is 0 Å². The van der Waals surface area contributed by atoms with Gasteiger partial charge in [-0.2, -0.15) is 0 Å². The van der Waals surface area contributed by atoms with Gasteiger partial charge in [-0.1, -0.05) is 25.4 Å². The highest BCUT2D eigenvalue weighted by atomic mass is 35.5. The lowest BCUT2D eigenvalue weighted by Gasteiger charge is -2.23. The third-order valence-electron chi connectivity index (χ3n) is 4.23. The second kappa shape index (κ2) is 8.15. The molecule has 2 heterocycles. The first kappa shape index (κ1) is 19.5. The molecule has 0 aliphatic carbocycles. The van der Waals surface area contributed by atoms with E-state index in [4.69, 9.17) is 26.8 Å². The van der Waals surface area contributed by atoms with Crippen LogP contribution in [-0.2, 0) is 11.4 Å². The van der Waals surface area contributed by atoms with Crippen LogP contribution in [0.15, 0.2) is 24.4 Å². The van der Waals surface area contributed by atoms with Gasteiger partial charge < -0.3 is 20.5 Å². The minimum Gasteiger partial charge on any atom is -0.490 e. The molecular weight excluding hydrogens is 366 g/mol. The Morgan fingerprint density at radius 1 is 1.37 bits per heavy atom. The standard InChI is InChI=1S/C20H24ClN3O3/c1-11(2)4-14(22)10-27-19-7-18-16(5-17(19)21)15-6-20(24-12(3)25)23-8-13(15)9-26-18/h5-8,11,14H,4,9-10,22H2,1-3H3,(H,23,24,25)/t14-/m0/s1. The average Bonchev–Trinajstić information content (AvgIpc) is 2.59. The first-order valence-electron chi connectivity index (χ1n) is 8.95. The molecule has 6 nitrogen and oxygen atoms in total. The summed E-state index contributed by atoms with van der Waals surface area (Å²) in [5, 5.41) is 3.18. The number of nitrogens with one attached hydrogen (secondary N) is 1. The van der Waals surface area contributed by atoms with Gasteiger partial charge in [0.15, 0.2) is 0 Å². The molecular formula is C20H24ClN3O3. The van der Waals surface area contributed by atoms with E-state index in [1.54, 1.807) is 12.3 Å². The Kier molecular flexibility index (Phi) is 5.87. The van der Waals surface area contributed by atoms with Crippen molar-refractivity contribution >= 4 is 23.3 Å². The average molecular weight is 390 g/mol. The topological polar surface area (TPSA) is 86.5 Å². The summed E-state index contributed by atoms with van der Waals surface area (Å²) in [6.45, 7) is 6.48. The molecule has 1 aromatic heterocycles. The molecule has 0 spiro atoms. The largest absolute Gasteiger partial charge is 0.490 e. The van der Waals surface area contributed by atoms with Crippen LogP contribution in [0.3, 0.4) is 0 Å². The number of aromatic nitrogens is 1. The molecule has 2 aromatic rings. The summed E-state index contributed by atoms with van der Waals surface area (Å²) in [6.07, 6.45) is 2.58. The van der Waals surface area contributed by atoms with Crippen molar-refractivity contribution in [3.8, 4) is 22.6 Å². The summed E-state index contributed by atoms with van der Waals surface area (Å²) in [7, 11) is 0. The number of amides is 1. The first-order chi connectivity index (χ1) is 12.8. The minimum absolute atomic E-state index is 0.0509. The van der Waals surface area contributed by atoms with Gasteiger partial charge in [0, 0.05) is 36.4 Å². The molecule has 144 valence electrons. The van der Waals surface area contributed by atoms with Crippen LogP contribution < -0.4 is 20.5 Å². The number of benzene rings is 1. The number of fused-ring (bicyclic) bond motifs is 3. The predicted octanol–water partition coefficient (Wildman–Crippen LogP) is 4.01. The van der Waals surface area contributed by atoms with Crippen LogP contribution in [0.25, 0.3) is 11.1 Å². The zero-order valence-electron chi connectivity index (χ0n) is 15.7. The number of carbonyl (C=O) groups is 1. The highest BCUT2D eigenvalue weighted by Gasteiger charge is 2.21. The fourth-order valence-corrected chi connectivity index (χ4v) is 3.32. The third kappa shape index (κ3) is 4.70. The number of anilines is 1. The first-order valence-corrected chi connectivity index (χ1v) is 9.33. The van der Waals surface area contributed by atoms with Gasteiger partial charge in [0.2, 0.25) is 5.91 Å². The van der Waals surface area contributed by atoms with Crippen molar-refractivity contribution in [2.24, 2.45) is 11.7 Å². The molecule has 1 aliphatic rings. The zero-order chi connectivity index (χ0) is 19.6. The van der Waals surface area contributed by atoms with E-state index in [9.17, 15) is 4.79 Å². The number of pyridine rings is 1. The zero-order valence-corrected chi connectivity index (χ0v) is 16.5. The van der Waals surface area contributed by atoms with Crippen LogP contribution in [-0.4, -0.2) is 23.5 Å². The van der Waals surface area contributed by atoms with Gasteiger partial charge in [-0.15, -0.1) is 0 Å². The summed E-state index contributed by atoms with van der Waals surface area (Å²) < 4.78 is 11.7. The summed E-state index contributed by atoms with van der Waals surface area (Å²) in [5.41, 5.74) is 8.79. The lowest BCUT2D eigenvalue weighted by atomic mass is 9.98. The molecule has 0 bridgehead atoms. The van der Waals surface area contributed by atoms with E-state index in [0.717, 1.165) is 23.1 Å². The van der Waals surface area contributed by atoms with E-state index in [-0.39, 0.29) is 11.9 Å². The van der Waals surface area contributed by atoms with Crippen molar-refractivity contribution < 1.29 is 14.3 Å². The molecule has 7 heteroatoms. The van der Waals surface area contributed by atoms with Crippen LogP contribution in [0.5, 0.6) is 11.5 Å². The number of nitrogens with zero attached hydrogens (tertiary/aromatic N) is 1. The van der Waals surface area contributed by atoms with Crippen molar-refractivity contribution in [1.82, 2.24) is 4.98 Å². The smallest absolute Gasteiger partial charge is 0.222 e. The molecule has 0 saturated heterocycles. The normalized spacial score (nSPS) is 13.4. The Hall–Kier alpha value is -2.31. The maximum Gasteiger partial charge on any atom is 0.222 e. The summed E-state index contributed by atoms with van der Waals surface area (Å²) in [5.74, 6) is 2.06. The Morgan fingerprint density at radius 3 is 2.85 bits per heavy atom. The molecule has 27 heavy (non-hydrogen) atoms. The van der Waals surface area contributed by atoms with Gasteiger partial charge in [0.05, 0.1) is 5.02 Å². The van der Waals surface area contributed by atoms with Crippen LogP contribution in [0.2, 0.25) is 5.02 Å². The number of rotatable bonds is 6. The van der Waals surface area contributed by atoms with Gasteiger partial charge in [-0.05, 0) is 30.0 Å². The second-order valence-corrected chi connectivity index (χ2v) is 7.58. The SMILES string of the molecule is CC(=O)Nc1cc2c(cn1)COc1cc(OC[C@@H](N)CC(C)C)c(Cl)cc1-2. The predicted molar refractivity (Wildman–Crippen MR) is 106 cm³/mol. The Labute approximate surface area is 164 Å². The van der Waals surface area contributed by atoms with E-state index in [1.165, 1.54) is 6.92 Å². The van der Waals surface area contributed by atoms with Crippen LogP contribution in [0.4, 0.5) is 5.82 Å². The molecule has 0 fully saturated rings. The van der Waals surface area contributed by atoms with Crippen molar-refractivity contribution in [2.45, 2.75) is 39.8 Å².